The maximum absolute atomic E-state index is 12.2. The first-order chi connectivity index (χ1) is 12.5. The largest absolute Gasteiger partial charge is 2.00 e. The van der Waals surface area contributed by atoms with Crippen LogP contribution in [0.3, 0.4) is 0 Å². The molecule has 2 aliphatic carbocycles. The summed E-state index contributed by atoms with van der Waals surface area (Å²) in [4.78, 5) is 11.6. The van der Waals surface area contributed by atoms with Gasteiger partial charge in [-0.2, -0.15) is 0 Å². The molecule has 0 N–H and O–H groups in total. The standard InChI is InChI=1S/C16H14O2.C7H8O.Fe/c1-12(17)15(11-13-7-5-6-8-13)16(18)14-9-3-2-4-10-14;1-6(8)7-4-2-3-5-7;/h2-11,18H,1H3;2-5,8H,1H3;/q;;+2/p-2. The molecule has 0 saturated heterocycles. The van der Waals surface area contributed by atoms with Crippen molar-refractivity contribution in [3.63, 3.8) is 0 Å². The van der Waals surface area contributed by atoms with Gasteiger partial charge in [-0.1, -0.05) is 91.6 Å². The number of carbonyl (C=O) groups is 1. The number of rotatable bonds is 3. The Balaban J connectivity index is 0.000000342. The van der Waals surface area contributed by atoms with Crippen LogP contribution in [0.15, 0.2) is 107 Å². The summed E-state index contributed by atoms with van der Waals surface area (Å²) in [7, 11) is 0. The molecule has 0 radical (unpaired) electrons. The van der Waals surface area contributed by atoms with Gasteiger partial charge in [-0.05, 0) is 29.7 Å². The van der Waals surface area contributed by atoms with Crippen molar-refractivity contribution in [1.82, 2.24) is 0 Å². The van der Waals surface area contributed by atoms with Gasteiger partial charge in [0.25, 0.3) is 0 Å². The van der Waals surface area contributed by atoms with Crippen molar-refractivity contribution in [2.45, 2.75) is 13.8 Å². The summed E-state index contributed by atoms with van der Waals surface area (Å²) in [6.45, 7) is 2.98. The molecule has 1 aromatic rings. The van der Waals surface area contributed by atoms with Crippen LogP contribution in [0, 0.1) is 0 Å². The maximum atomic E-state index is 12.2. The number of Topliss-reactive ketones (excluding diaryl/α,β-unsaturated/α-hetero) is 1. The van der Waals surface area contributed by atoms with E-state index in [1.807, 2.05) is 54.7 Å². The zero-order valence-corrected chi connectivity index (χ0v) is 16.3. The minimum absolute atomic E-state index is 0. The molecule has 1 aromatic carbocycles. The topological polar surface area (TPSA) is 63.2 Å². The molecule has 0 unspecified atom stereocenters. The van der Waals surface area contributed by atoms with Crippen LogP contribution in [0.2, 0.25) is 0 Å². The molecule has 0 saturated carbocycles. The monoisotopic (exact) mass is 400 g/mol. The van der Waals surface area contributed by atoms with Gasteiger partial charge in [-0.15, -0.1) is 5.76 Å². The van der Waals surface area contributed by atoms with E-state index in [2.05, 4.69) is 0 Å². The molecule has 0 aromatic heterocycles. The molecule has 27 heavy (non-hydrogen) atoms. The summed E-state index contributed by atoms with van der Waals surface area (Å²) < 4.78 is 0. The molecule has 0 spiro atoms. The Labute approximate surface area is 170 Å². The van der Waals surface area contributed by atoms with Gasteiger partial charge in [0.15, 0.2) is 5.78 Å². The summed E-state index contributed by atoms with van der Waals surface area (Å²) in [5.74, 6) is -0.315. The van der Waals surface area contributed by atoms with Crippen molar-refractivity contribution in [3.05, 3.63) is 113 Å². The van der Waals surface area contributed by atoms with Crippen molar-refractivity contribution in [3.8, 4) is 0 Å². The molecular weight excluding hydrogens is 380 g/mol. The van der Waals surface area contributed by atoms with Crippen LogP contribution in [0.5, 0.6) is 0 Å². The van der Waals surface area contributed by atoms with Gasteiger partial charge in [0.05, 0.1) is 0 Å². The number of benzene rings is 1. The van der Waals surface area contributed by atoms with Gasteiger partial charge in [-0.3, -0.25) is 4.79 Å². The van der Waals surface area contributed by atoms with Crippen LogP contribution in [-0.2, 0) is 21.9 Å². The SMILES string of the molecule is CC(=O)C(C=C1C=CC=C1)=C([O-])c1ccccc1.CC([O-])=C1C=CC=C1.[Fe+2]. The first kappa shape index (κ1) is 22.2. The Bertz CT molecular complexity index is 847. The Kier molecular flexibility index (Phi) is 9.07. The van der Waals surface area contributed by atoms with E-state index in [1.54, 1.807) is 37.3 Å². The second-order valence-corrected chi connectivity index (χ2v) is 5.76. The van der Waals surface area contributed by atoms with E-state index in [0.29, 0.717) is 5.56 Å². The molecule has 138 valence electrons. The summed E-state index contributed by atoms with van der Waals surface area (Å²) >= 11 is 0. The minimum atomic E-state index is -0.232. The van der Waals surface area contributed by atoms with Gasteiger partial charge in [0.1, 0.15) is 0 Å². The van der Waals surface area contributed by atoms with Gasteiger partial charge < -0.3 is 10.2 Å². The van der Waals surface area contributed by atoms with Crippen LogP contribution >= 0.6 is 0 Å². The third-order valence-corrected chi connectivity index (χ3v) is 3.73. The van der Waals surface area contributed by atoms with E-state index in [1.165, 1.54) is 6.92 Å². The predicted molar refractivity (Wildman–Crippen MR) is 101 cm³/mol. The quantitative estimate of drug-likeness (QED) is 0.445. The summed E-state index contributed by atoms with van der Waals surface area (Å²) in [5, 5.41) is 22.7. The molecule has 0 amide bonds. The summed E-state index contributed by atoms with van der Waals surface area (Å²) in [6, 6.07) is 8.83. The van der Waals surface area contributed by atoms with Crippen LogP contribution in [-0.4, -0.2) is 5.78 Å². The van der Waals surface area contributed by atoms with E-state index in [4.69, 9.17) is 0 Å². The molecule has 0 atom stereocenters. The van der Waals surface area contributed by atoms with Gasteiger partial charge >= 0.3 is 17.1 Å². The zero-order chi connectivity index (χ0) is 18.9. The third kappa shape index (κ3) is 6.78. The van der Waals surface area contributed by atoms with Crippen LogP contribution in [0.25, 0.3) is 5.76 Å². The van der Waals surface area contributed by atoms with Crippen LogP contribution in [0.4, 0.5) is 0 Å². The number of carbonyl (C=O) groups excluding carboxylic acids is 1. The first-order valence-corrected chi connectivity index (χ1v) is 8.26. The van der Waals surface area contributed by atoms with Crippen molar-refractivity contribution in [1.29, 1.82) is 0 Å². The second kappa shape index (κ2) is 11.0. The van der Waals surface area contributed by atoms with Crippen LogP contribution < -0.4 is 10.2 Å². The zero-order valence-electron chi connectivity index (χ0n) is 15.2. The fourth-order valence-electron chi connectivity index (χ4n) is 2.33. The van der Waals surface area contributed by atoms with Crippen molar-refractivity contribution in [2.75, 3.05) is 0 Å². The van der Waals surface area contributed by atoms with Gasteiger partial charge in [-0.25, -0.2) is 0 Å². The van der Waals surface area contributed by atoms with E-state index < -0.39 is 0 Å². The molecule has 0 aliphatic heterocycles. The Morgan fingerprint density at radius 3 is 1.81 bits per heavy atom. The summed E-state index contributed by atoms with van der Waals surface area (Å²) in [6.07, 6.45) is 16.4. The molecule has 0 heterocycles. The molecule has 4 heteroatoms. The van der Waals surface area contributed by atoms with E-state index in [9.17, 15) is 15.0 Å². The van der Waals surface area contributed by atoms with E-state index in [-0.39, 0.29) is 39.9 Å². The molecule has 0 fully saturated rings. The average Bonchev–Trinajstić information content (AvgIpc) is 3.34. The van der Waals surface area contributed by atoms with Gasteiger partial charge in [0.2, 0.25) is 0 Å². The fourth-order valence-corrected chi connectivity index (χ4v) is 2.33. The predicted octanol–water partition coefficient (Wildman–Crippen LogP) is 3.14. The average molecular weight is 400 g/mol. The Morgan fingerprint density at radius 2 is 1.37 bits per heavy atom. The molecule has 0 bridgehead atoms. The first-order valence-electron chi connectivity index (χ1n) is 8.26. The molecule has 3 nitrogen and oxygen atoms in total. The maximum Gasteiger partial charge on any atom is 2.00 e. The van der Waals surface area contributed by atoms with Gasteiger partial charge in [0, 0.05) is 5.57 Å². The van der Waals surface area contributed by atoms with E-state index >= 15 is 0 Å². The number of ketones is 1. The summed E-state index contributed by atoms with van der Waals surface area (Å²) in [5.41, 5.74) is 2.41. The molecule has 2 aliphatic rings. The number of hydrogen-bond acceptors (Lipinski definition) is 3. The van der Waals surface area contributed by atoms with Crippen molar-refractivity contribution in [2.24, 2.45) is 0 Å². The third-order valence-electron chi connectivity index (χ3n) is 3.73. The molecule has 3 rings (SSSR count). The number of hydrogen-bond donors (Lipinski definition) is 0. The smallest absolute Gasteiger partial charge is 0.875 e. The molecular formula is C23H20FeO3. The Morgan fingerprint density at radius 1 is 0.852 bits per heavy atom. The number of allylic oxidation sites excluding steroid dienone is 13. The van der Waals surface area contributed by atoms with Crippen molar-refractivity contribution < 1.29 is 32.1 Å². The van der Waals surface area contributed by atoms with Crippen LogP contribution in [0.1, 0.15) is 19.4 Å². The normalized spacial score (nSPS) is 14.3. The second-order valence-electron chi connectivity index (χ2n) is 5.76. The minimum Gasteiger partial charge on any atom is -0.875 e. The van der Waals surface area contributed by atoms with Crippen molar-refractivity contribution >= 4 is 11.5 Å². The fraction of sp³-hybridized carbons (Fsp3) is 0.0870. The Hall–Kier alpha value is -2.81. The van der Waals surface area contributed by atoms with E-state index in [0.717, 1.165) is 11.1 Å².